The van der Waals surface area contributed by atoms with Gasteiger partial charge in [0.2, 0.25) is 0 Å². The summed E-state index contributed by atoms with van der Waals surface area (Å²) in [5.41, 5.74) is 5.38. The second kappa shape index (κ2) is 8.00. The molecule has 1 atom stereocenters. The second-order valence-electron chi connectivity index (χ2n) is 2.12. The molecular formula is C7H16N4O. The van der Waals surface area contributed by atoms with Gasteiger partial charge >= 0.3 is 0 Å². The third-order valence-corrected chi connectivity index (χ3v) is 1.30. The van der Waals surface area contributed by atoms with Crippen LogP contribution in [-0.4, -0.2) is 33.3 Å². The van der Waals surface area contributed by atoms with E-state index in [9.17, 15) is 0 Å². The summed E-state index contributed by atoms with van der Waals surface area (Å²) in [6.07, 6.45) is 3.37. The van der Waals surface area contributed by atoms with Gasteiger partial charge in [-0.05, 0) is 12.8 Å². The Morgan fingerprint density at radius 1 is 1.67 bits per heavy atom. The molecule has 12 heavy (non-hydrogen) atoms. The van der Waals surface area contributed by atoms with Crippen LogP contribution in [0.5, 0.6) is 0 Å². The molecule has 0 radical (unpaired) electrons. The summed E-state index contributed by atoms with van der Waals surface area (Å²) in [5.74, 6) is 0. The molecule has 0 aromatic carbocycles. The van der Waals surface area contributed by atoms with Crippen LogP contribution in [-0.2, 0) is 4.74 Å². The van der Waals surface area contributed by atoms with Crippen LogP contribution >= 0.6 is 0 Å². The summed E-state index contributed by atoms with van der Waals surface area (Å²) >= 11 is 0. The zero-order valence-electron chi connectivity index (χ0n) is 7.58. The molecule has 0 saturated heterocycles. The van der Waals surface area contributed by atoms with E-state index in [0.29, 0.717) is 0 Å². The molecule has 0 saturated carbocycles. The van der Waals surface area contributed by atoms with Gasteiger partial charge in [-0.15, -0.1) is 0 Å². The third kappa shape index (κ3) is 5.67. The van der Waals surface area contributed by atoms with Crippen LogP contribution in [0.1, 0.15) is 12.8 Å². The molecule has 0 bridgehead atoms. The minimum Gasteiger partial charge on any atom is -0.360 e. The Morgan fingerprint density at radius 3 is 2.92 bits per heavy atom. The first-order valence-electron chi connectivity index (χ1n) is 3.77. The Balaban J connectivity index is 3.43. The van der Waals surface area contributed by atoms with Gasteiger partial charge in [-0.1, -0.05) is 0 Å². The largest absolute Gasteiger partial charge is 0.360 e. The molecule has 0 aliphatic rings. The molecule has 0 aromatic rings. The van der Waals surface area contributed by atoms with E-state index in [1.807, 2.05) is 0 Å². The lowest BCUT2D eigenvalue weighted by Crippen LogP contribution is -2.25. The number of rotatable bonds is 7. The highest BCUT2D eigenvalue weighted by Crippen LogP contribution is 1.95. The first-order valence-corrected chi connectivity index (χ1v) is 3.77. The molecule has 0 aliphatic heterocycles. The molecule has 0 aliphatic carbocycles. The van der Waals surface area contributed by atoms with E-state index in [0.717, 1.165) is 12.8 Å². The third-order valence-electron chi connectivity index (χ3n) is 1.30. The normalized spacial score (nSPS) is 12.8. The van der Waals surface area contributed by atoms with Crippen LogP contribution in [0.3, 0.4) is 0 Å². The van der Waals surface area contributed by atoms with Crippen molar-refractivity contribution >= 4 is 12.9 Å². The number of hydrogen-bond acceptors (Lipinski definition) is 5. The van der Waals surface area contributed by atoms with Gasteiger partial charge in [0.15, 0.2) is 0 Å². The predicted molar refractivity (Wildman–Crippen MR) is 50.3 cm³/mol. The number of hydrogen-bond donors (Lipinski definition) is 2. The zero-order valence-corrected chi connectivity index (χ0v) is 7.58. The number of nitrogens with one attached hydrogen (secondary N) is 2. The molecule has 0 rings (SSSR count). The topological polar surface area (TPSA) is 58.0 Å². The lowest BCUT2D eigenvalue weighted by molar-refractivity contribution is 0.0702. The van der Waals surface area contributed by atoms with E-state index in [-0.39, 0.29) is 6.23 Å². The fourth-order valence-electron chi connectivity index (χ4n) is 0.719. The Morgan fingerprint density at radius 2 is 2.42 bits per heavy atom. The van der Waals surface area contributed by atoms with Gasteiger partial charge in [-0.2, -0.15) is 10.2 Å². The van der Waals surface area contributed by atoms with Gasteiger partial charge in [0.25, 0.3) is 0 Å². The molecule has 0 fully saturated rings. The van der Waals surface area contributed by atoms with Gasteiger partial charge in [-0.3, -0.25) is 5.43 Å². The Bertz CT molecular complexity index is 137. The second-order valence-corrected chi connectivity index (χ2v) is 2.12. The monoisotopic (exact) mass is 172 g/mol. The highest BCUT2D eigenvalue weighted by atomic mass is 16.5. The molecule has 0 amide bonds. The van der Waals surface area contributed by atoms with E-state index in [2.05, 4.69) is 27.8 Å². The van der Waals surface area contributed by atoms with E-state index < -0.39 is 0 Å². The predicted octanol–water partition coefficient (Wildman–Crippen LogP) is 0.149. The van der Waals surface area contributed by atoms with Crippen molar-refractivity contribution in [3.8, 4) is 0 Å². The fourth-order valence-corrected chi connectivity index (χ4v) is 0.719. The van der Waals surface area contributed by atoms with Crippen molar-refractivity contribution in [3.63, 3.8) is 0 Å². The van der Waals surface area contributed by atoms with Gasteiger partial charge < -0.3 is 10.2 Å². The Kier molecular flexibility index (Phi) is 7.27. The molecule has 0 heterocycles. The van der Waals surface area contributed by atoms with Crippen LogP contribution in [0, 0.1) is 0 Å². The maximum Gasteiger partial charge on any atom is 0.142 e. The van der Waals surface area contributed by atoms with Crippen LogP contribution < -0.4 is 10.9 Å². The highest BCUT2D eigenvalue weighted by Gasteiger charge is 2.01. The van der Waals surface area contributed by atoms with Crippen molar-refractivity contribution < 1.29 is 4.74 Å². The first-order chi connectivity index (χ1) is 5.85. The van der Waals surface area contributed by atoms with Crippen LogP contribution in [0.2, 0.25) is 0 Å². The fraction of sp³-hybridized carbons (Fsp3) is 0.714. The number of nitrogens with zero attached hydrogens (tertiary/aromatic N) is 2. The SMILES string of the molecule is C=NNC(CC/C=N\NC)OC. The van der Waals surface area contributed by atoms with Crippen LogP contribution in [0.15, 0.2) is 10.2 Å². The van der Waals surface area contributed by atoms with Gasteiger partial charge in [0, 0.05) is 27.1 Å². The van der Waals surface area contributed by atoms with E-state index in [4.69, 9.17) is 4.74 Å². The van der Waals surface area contributed by atoms with Crippen molar-refractivity contribution in [2.75, 3.05) is 14.2 Å². The Hall–Kier alpha value is -1.10. The molecule has 0 spiro atoms. The lowest BCUT2D eigenvalue weighted by Gasteiger charge is -2.12. The number of methoxy groups -OCH3 is 1. The van der Waals surface area contributed by atoms with E-state index >= 15 is 0 Å². The Labute approximate surface area is 72.9 Å². The minimum absolute atomic E-state index is 0.0780. The molecule has 5 heteroatoms. The zero-order chi connectivity index (χ0) is 9.23. The van der Waals surface area contributed by atoms with Crippen LogP contribution in [0.4, 0.5) is 0 Å². The van der Waals surface area contributed by atoms with Crippen molar-refractivity contribution in [2.24, 2.45) is 10.2 Å². The molecular weight excluding hydrogens is 156 g/mol. The summed E-state index contributed by atoms with van der Waals surface area (Å²) in [7, 11) is 3.38. The van der Waals surface area contributed by atoms with Crippen molar-refractivity contribution in [3.05, 3.63) is 0 Å². The maximum atomic E-state index is 5.04. The van der Waals surface area contributed by atoms with Crippen LogP contribution in [0.25, 0.3) is 0 Å². The quantitative estimate of drug-likeness (QED) is 0.326. The lowest BCUT2D eigenvalue weighted by atomic mass is 10.3. The van der Waals surface area contributed by atoms with Gasteiger partial charge in [0.05, 0.1) is 0 Å². The summed E-state index contributed by atoms with van der Waals surface area (Å²) in [5, 5.41) is 7.35. The minimum atomic E-state index is -0.0780. The molecule has 0 aromatic heterocycles. The van der Waals surface area contributed by atoms with E-state index in [1.165, 1.54) is 0 Å². The standard InChI is InChI=1S/C7H16N4O/c1-8-10-6-4-5-7(12-3)11-9-2/h6-8,11H,2,4-5H2,1,3H3/b10-6-. The molecule has 2 N–H and O–H groups in total. The summed E-state index contributed by atoms with van der Waals surface area (Å²) in [4.78, 5) is 0. The summed E-state index contributed by atoms with van der Waals surface area (Å²) < 4.78 is 5.04. The highest BCUT2D eigenvalue weighted by molar-refractivity contribution is 5.56. The molecule has 5 nitrogen and oxygen atoms in total. The van der Waals surface area contributed by atoms with Gasteiger partial charge in [-0.25, -0.2) is 0 Å². The van der Waals surface area contributed by atoms with Crippen molar-refractivity contribution in [2.45, 2.75) is 19.1 Å². The first kappa shape index (κ1) is 10.9. The smallest absolute Gasteiger partial charge is 0.142 e. The molecule has 1 unspecified atom stereocenters. The van der Waals surface area contributed by atoms with Gasteiger partial charge in [0.1, 0.15) is 6.23 Å². The number of ether oxygens (including phenoxy) is 1. The average Bonchev–Trinajstić information content (AvgIpc) is 2.10. The molecule has 70 valence electrons. The van der Waals surface area contributed by atoms with E-state index in [1.54, 1.807) is 20.4 Å². The maximum absolute atomic E-state index is 5.04. The van der Waals surface area contributed by atoms with Crippen molar-refractivity contribution in [1.82, 2.24) is 10.9 Å². The average molecular weight is 172 g/mol. The summed E-state index contributed by atoms with van der Waals surface area (Å²) in [6, 6.07) is 0. The van der Waals surface area contributed by atoms with Crippen molar-refractivity contribution in [1.29, 1.82) is 0 Å². The summed E-state index contributed by atoms with van der Waals surface area (Å²) in [6.45, 7) is 3.31. The number of hydrazone groups is 2.